The smallest absolute Gasteiger partial charge is 0.320 e. The first-order chi connectivity index (χ1) is 14.9. The van der Waals surface area contributed by atoms with Crippen LogP contribution in [0.5, 0.6) is 0 Å². The van der Waals surface area contributed by atoms with Gasteiger partial charge in [-0.25, -0.2) is 8.78 Å². The van der Waals surface area contributed by atoms with Crippen molar-refractivity contribution in [2.75, 3.05) is 0 Å². The van der Waals surface area contributed by atoms with Crippen LogP contribution in [0.4, 0.5) is 14.5 Å². The molecule has 0 N–H and O–H groups in total. The Bertz CT molecular complexity index is 1380. The fraction of sp³-hybridized carbons (Fsp3) is 0.182. The first-order valence-corrected chi connectivity index (χ1v) is 9.72. The summed E-state index contributed by atoms with van der Waals surface area (Å²) in [6.45, 7) is 3.80. The summed E-state index contributed by atoms with van der Waals surface area (Å²) in [5, 5.41) is 16.2. The lowest BCUT2D eigenvalue weighted by atomic mass is 10.0. The molecule has 0 atom stereocenters. The fourth-order valence-electron chi connectivity index (χ4n) is 3.86. The lowest BCUT2D eigenvalue weighted by Crippen LogP contribution is -2.24. The summed E-state index contributed by atoms with van der Waals surface area (Å²) in [5.74, 6) is -1.54. The molecule has 0 spiro atoms. The molecule has 31 heavy (non-hydrogen) atoms. The van der Waals surface area contributed by atoms with E-state index in [1.807, 2.05) is 0 Å². The summed E-state index contributed by atoms with van der Waals surface area (Å²) in [6.07, 6.45) is 0.339. The van der Waals surface area contributed by atoms with Gasteiger partial charge in [0.2, 0.25) is 0 Å². The third-order valence-electron chi connectivity index (χ3n) is 5.16. The van der Waals surface area contributed by atoms with Crippen LogP contribution in [0.3, 0.4) is 0 Å². The van der Waals surface area contributed by atoms with Crippen molar-refractivity contribution in [3.05, 3.63) is 86.3 Å². The topological polar surface area (TPSA) is 82.4 Å². The van der Waals surface area contributed by atoms with Gasteiger partial charge >= 0.3 is 11.2 Å². The van der Waals surface area contributed by atoms with Gasteiger partial charge < -0.3 is 4.57 Å². The highest BCUT2D eigenvalue weighted by Crippen LogP contribution is 2.35. The van der Waals surface area contributed by atoms with Crippen LogP contribution in [-0.4, -0.2) is 19.1 Å². The number of halogens is 2. The molecule has 0 saturated carbocycles. The van der Waals surface area contributed by atoms with Gasteiger partial charge in [-0.2, -0.15) is 9.61 Å². The van der Waals surface area contributed by atoms with Gasteiger partial charge in [0.15, 0.2) is 0 Å². The largest absolute Gasteiger partial charge is 0.360 e. The van der Waals surface area contributed by atoms with Crippen molar-refractivity contribution in [1.82, 2.24) is 14.2 Å². The van der Waals surface area contributed by atoms with E-state index in [0.717, 1.165) is 16.6 Å². The van der Waals surface area contributed by atoms with Crippen molar-refractivity contribution in [1.29, 1.82) is 0 Å². The number of rotatable bonds is 5. The molecule has 158 valence electrons. The number of benzene rings is 2. The van der Waals surface area contributed by atoms with Crippen LogP contribution in [0, 0.1) is 21.7 Å². The first kappa shape index (κ1) is 20.4. The Morgan fingerprint density at radius 3 is 2.39 bits per heavy atom. The molecule has 0 unspecified atom stereocenters. The molecule has 0 aliphatic carbocycles. The SMILES string of the molecule is CCc1nn2c(=O)c([N+](=O)[O-])c(-c3ccccc3)n(CC)c2c1-c1ccc(F)cc1F. The van der Waals surface area contributed by atoms with Gasteiger partial charge in [-0.15, -0.1) is 0 Å². The number of fused-ring (bicyclic) bond motifs is 1. The lowest BCUT2D eigenvalue weighted by Gasteiger charge is -2.15. The van der Waals surface area contributed by atoms with Crippen LogP contribution < -0.4 is 5.56 Å². The van der Waals surface area contributed by atoms with Crippen LogP contribution in [0.2, 0.25) is 0 Å². The predicted molar refractivity (Wildman–Crippen MR) is 112 cm³/mol. The molecular formula is C22H18F2N4O3. The minimum atomic E-state index is -0.910. The van der Waals surface area contributed by atoms with E-state index >= 15 is 0 Å². The van der Waals surface area contributed by atoms with Crippen molar-refractivity contribution in [3.8, 4) is 22.4 Å². The zero-order chi connectivity index (χ0) is 22.3. The molecule has 2 aromatic heterocycles. The molecule has 2 heterocycles. The average molecular weight is 424 g/mol. The summed E-state index contributed by atoms with van der Waals surface area (Å²) in [5.41, 5.74) is 0.0403. The molecule has 4 rings (SSSR count). The highest BCUT2D eigenvalue weighted by Gasteiger charge is 2.31. The Hall–Kier alpha value is -3.88. The summed E-state index contributed by atoms with van der Waals surface area (Å²) in [6, 6.07) is 11.7. The van der Waals surface area contributed by atoms with Crippen molar-refractivity contribution in [3.63, 3.8) is 0 Å². The van der Waals surface area contributed by atoms with Crippen LogP contribution in [-0.2, 0) is 13.0 Å². The van der Waals surface area contributed by atoms with E-state index in [2.05, 4.69) is 5.10 Å². The van der Waals surface area contributed by atoms with Gasteiger partial charge in [0, 0.05) is 23.7 Å². The predicted octanol–water partition coefficient (Wildman–Crippen LogP) is 4.60. The summed E-state index contributed by atoms with van der Waals surface area (Å²) >= 11 is 0. The van der Waals surface area contributed by atoms with Gasteiger partial charge in [-0.05, 0) is 25.5 Å². The molecule has 4 aromatic rings. The van der Waals surface area contributed by atoms with Crippen molar-refractivity contribution >= 4 is 11.3 Å². The first-order valence-electron chi connectivity index (χ1n) is 9.72. The van der Waals surface area contributed by atoms with E-state index in [9.17, 15) is 23.7 Å². The molecule has 0 amide bonds. The second-order valence-corrected chi connectivity index (χ2v) is 6.90. The number of nitro groups is 1. The zero-order valence-electron chi connectivity index (χ0n) is 16.8. The Balaban J connectivity index is 2.25. The van der Waals surface area contributed by atoms with Crippen molar-refractivity contribution in [2.45, 2.75) is 26.8 Å². The number of hydrogen-bond donors (Lipinski definition) is 0. The Morgan fingerprint density at radius 2 is 1.81 bits per heavy atom. The average Bonchev–Trinajstić information content (AvgIpc) is 3.13. The molecule has 0 bridgehead atoms. The van der Waals surface area contributed by atoms with Crippen molar-refractivity contribution in [2.24, 2.45) is 0 Å². The molecule has 0 aliphatic heterocycles. The molecule has 9 heteroatoms. The summed E-state index contributed by atoms with van der Waals surface area (Å²) in [4.78, 5) is 24.4. The fourth-order valence-corrected chi connectivity index (χ4v) is 3.86. The third kappa shape index (κ3) is 3.18. The second kappa shape index (κ2) is 7.75. The van der Waals surface area contributed by atoms with Gasteiger partial charge in [-0.3, -0.25) is 14.9 Å². The van der Waals surface area contributed by atoms with E-state index in [4.69, 9.17) is 0 Å². The second-order valence-electron chi connectivity index (χ2n) is 6.90. The van der Waals surface area contributed by atoms with Gasteiger partial charge in [0.25, 0.3) is 0 Å². The van der Waals surface area contributed by atoms with Crippen LogP contribution >= 0.6 is 0 Å². The Labute approximate surface area is 175 Å². The minimum absolute atomic E-state index is 0.0720. The molecular weight excluding hydrogens is 406 g/mol. The van der Waals surface area contributed by atoms with Gasteiger partial charge in [0.1, 0.15) is 23.0 Å². The van der Waals surface area contributed by atoms with E-state index in [0.29, 0.717) is 23.2 Å². The Kier molecular flexibility index (Phi) is 5.10. The lowest BCUT2D eigenvalue weighted by molar-refractivity contribution is -0.386. The maximum absolute atomic E-state index is 14.8. The monoisotopic (exact) mass is 424 g/mol. The van der Waals surface area contributed by atoms with Crippen molar-refractivity contribution < 1.29 is 13.7 Å². The van der Waals surface area contributed by atoms with Gasteiger partial charge in [0.05, 0.1) is 16.2 Å². The maximum Gasteiger partial charge on any atom is 0.360 e. The van der Waals surface area contributed by atoms with E-state index in [1.54, 1.807) is 48.7 Å². The molecule has 0 fully saturated rings. The van der Waals surface area contributed by atoms with Crippen LogP contribution in [0.15, 0.2) is 53.3 Å². The van der Waals surface area contributed by atoms with Gasteiger partial charge in [-0.1, -0.05) is 37.3 Å². The summed E-state index contributed by atoms with van der Waals surface area (Å²) < 4.78 is 30.8. The quantitative estimate of drug-likeness (QED) is 0.346. The van der Waals surface area contributed by atoms with E-state index < -0.39 is 27.8 Å². The van der Waals surface area contributed by atoms with E-state index in [-0.39, 0.29) is 23.4 Å². The molecule has 2 aromatic carbocycles. The minimum Gasteiger partial charge on any atom is -0.320 e. The number of nitrogens with zero attached hydrogens (tertiary/aromatic N) is 4. The highest BCUT2D eigenvalue weighted by molar-refractivity contribution is 5.84. The van der Waals surface area contributed by atoms with Crippen LogP contribution in [0.1, 0.15) is 19.5 Å². The molecule has 0 aliphatic rings. The zero-order valence-corrected chi connectivity index (χ0v) is 16.8. The third-order valence-corrected chi connectivity index (χ3v) is 5.16. The normalized spacial score (nSPS) is 11.2. The molecule has 7 nitrogen and oxygen atoms in total. The molecule has 0 radical (unpaired) electrons. The maximum atomic E-state index is 14.8. The number of aryl methyl sites for hydroxylation is 2. The number of hydrogen-bond acceptors (Lipinski definition) is 4. The number of aromatic nitrogens is 3. The highest BCUT2D eigenvalue weighted by atomic mass is 19.1. The standard InChI is InChI=1S/C22H18F2N4O3/c1-3-17-18(15-11-10-14(23)12-16(15)24)21-26(4-2)19(13-8-6-5-7-9-13)20(28(30)31)22(29)27(21)25-17/h5-12H,3-4H2,1-2H3. The summed E-state index contributed by atoms with van der Waals surface area (Å²) in [7, 11) is 0. The van der Waals surface area contributed by atoms with E-state index in [1.165, 1.54) is 6.07 Å². The molecule has 0 saturated heterocycles. The van der Waals surface area contributed by atoms with Crippen LogP contribution in [0.25, 0.3) is 28.0 Å². The Morgan fingerprint density at radius 1 is 1.10 bits per heavy atom.